The van der Waals surface area contributed by atoms with Gasteiger partial charge in [-0.15, -0.1) is 0 Å². The first-order valence-corrected chi connectivity index (χ1v) is 8.13. The Morgan fingerprint density at radius 1 is 0.317 bits per heavy atom. The molecule has 0 radical (unpaired) electrons. The van der Waals surface area contributed by atoms with Crippen LogP contribution in [0.3, 0.4) is 0 Å². The third kappa shape index (κ3) is 4.55. The summed E-state index contributed by atoms with van der Waals surface area (Å²) < 4.78 is 325. The fourth-order valence-electron chi connectivity index (χ4n) is 2.08. The van der Waals surface area contributed by atoms with Crippen molar-refractivity contribution in [2.45, 2.75) is 71.3 Å². The predicted octanol–water partition coefficient (Wildman–Crippen LogP) is 6.66. The second kappa shape index (κ2) is 9.60. The van der Waals surface area contributed by atoms with E-state index < -0.39 is 77.3 Å². The van der Waals surface area contributed by atoms with Crippen molar-refractivity contribution < 1.29 is 120 Å². The van der Waals surface area contributed by atoms with Crippen molar-refractivity contribution in [3.8, 4) is 0 Å². The van der Waals surface area contributed by atoms with E-state index in [4.69, 9.17) is 0 Å². The van der Waals surface area contributed by atoms with Gasteiger partial charge in [-0.1, -0.05) is 0 Å². The molecule has 0 amide bonds. The number of halogens is 25. The molecule has 0 saturated heterocycles. The van der Waals surface area contributed by atoms with Gasteiger partial charge in [-0.3, -0.25) is 0 Å². The number of carbonyl (C=O) groups excluding carboxylic acids is 1. The van der Waals surface area contributed by atoms with E-state index in [-0.39, 0.29) is 6.15 Å². The number of hydrogen-bond donors (Lipinski definition) is 1. The Morgan fingerprint density at radius 2 is 0.463 bits per heavy atom. The van der Waals surface area contributed by atoms with Crippen molar-refractivity contribution in [2.75, 3.05) is 0 Å². The number of alkyl halides is 25. The molecule has 28 heteroatoms. The van der Waals surface area contributed by atoms with Gasteiger partial charge in [0, 0.05) is 0 Å². The molecule has 0 rings (SSSR count). The van der Waals surface area contributed by atoms with Crippen LogP contribution in [-0.4, -0.2) is 77.3 Å². The minimum atomic E-state index is -9.70. The van der Waals surface area contributed by atoms with E-state index in [0.29, 0.717) is 0 Å². The molecule has 0 saturated carbocycles. The van der Waals surface area contributed by atoms with Crippen molar-refractivity contribution in [3.63, 3.8) is 0 Å². The maximum Gasteiger partial charge on any atom is 0.460 e. The lowest BCUT2D eigenvalue weighted by atomic mass is 9.84. The first-order chi connectivity index (χ1) is 16.7. The van der Waals surface area contributed by atoms with E-state index in [2.05, 4.69) is 0 Å². The fourth-order valence-corrected chi connectivity index (χ4v) is 2.08. The van der Waals surface area contributed by atoms with Crippen LogP contribution >= 0.6 is 0 Å². The van der Waals surface area contributed by atoms with Crippen molar-refractivity contribution in [2.24, 2.45) is 0 Å². The Hall–Kier alpha value is -2.32. The van der Waals surface area contributed by atoms with E-state index in [1.807, 2.05) is 0 Å². The van der Waals surface area contributed by atoms with Crippen LogP contribution < -0.4 is 11.3 Å². The first-order valence-electron chi connectivity index (χ1n) is 8.13. The second-order valence-electron chi connectivity index (χ2n) is 7.10. The number of hydrogen-bond acceptors (Lipinski definition) is 2. The van der Waals surface area contributed by atoms with Crippen molar-refractivity contribution in [3.05, 3.63) is 0 Å². The first kappa shape index (κ1) is 40.8. The summed E-state index contributed by atoms with van der Waals surface area (Å²) in [6.45, 7) is 0. The number of carboxylic acid groups (broad SMARTS) is 1. The Kier molecular flexibility index (Phi) is 9.55. The van der Waals surface area contributed by atoms with Crippen LogP contribution in [0.25, 0.3) is 0 Å². The summed E-state index contributed by atoms with van der Waals surface area (Å²) in [5, 5.41) is 9.76. The van der Waals surface area contributed by atoms with Crippen LogP contribution in [0.2, 0.25) is 0 Å². The van der Waals surface area contributed by atoms with Crippen LogP contribution in [0.4, 0.5) is 110 Å². The van der Waals surface area contributed by atoms with Gasteiger partial charge < -0.3 is 16.1 Å². The predicted molar refractivity (Wildman–Crippen MR) is 71.5 cm³/mol. The van der Waals surface area contributed by atoms with Crippen LogP contribution in [0.15, 0.2) is 0 Å². The van der Waals surface area contributed by atoms with Crippen molar-refractivity contribution in [1.82, 2.24) is 6.15 Å². The van der Waals surface area contributed by atoms with Gasteiger partial charge in [0.2, 0.25) is 0 Å². The quantitative estimate of drug-likeness (QED) is 0.248. The highest BCUT2D eigenvalue weighted by molar-refractivity contribution is 5.75. The smallest absolute Gasteiger partial charge is 0.460 e. The van der Waals surface area contributed by atoms with Gasteiger partial charge in [-0.25, -0.2) is 0 Å². The van der Waals surface area contributed by atoms with Crippen LogP contribution in [0.5, 0.6) is 0 Å². The van der Waals surface area contributed by atoms with Gasteiger partial charge in [0.25, 0.3) is 0 Å². The molecule has 0 aromatic heterocycles. The zero-order chi connectivity index (χ0) is 33.6. The summed E-state index contributed by atoms with van der Waals surface area (Å²) in [7, 11) is 0. The number of carboxylic acids is 1. The third-order valence-electron chi connectivity index (χ3n) is 4.56. The van der Waals surface area contributed by atoms with E-state index >= 15 is 0 Å². The Balaban J connectivity index is 0. The van der Waals surface area contributed by atoms with Gasteiger partial charge in [0.1, 0.15) is 5.97 Å². The van der Waals surface area contributed by atoms with Gasteiger partial charge in [0.05, 0.1) is 0 Å². The SMILES string of the molecule is O=C([O-])C(F)(F)C(F)(F)C(F)(F)C(F)(F)C(F)(F)C(F)(F)C(F)(F)C(F)(F)C(F)(F)C(F)(F)C(F)(F)C(F)(F)F.[NH4+]. The zero-order valence-corrected chi connectivity index (χ0v) is 17.8. The molecule has 0 spiro atoms. The molecule has 0 atom stereocenters. The lowest BCUT2D eigenvalue weighted by Gasteiger charge is -2.45. The molecule has 0 fully saturated rings. The molecular formula is C13H4F25NO2. The summed E-state index contributed by atoms with van der Waals surface area (Å²) in [5.41, 5.74) is 0. The monoisotopic (exact) mass is 681 g/mol. The van der Waals surface area contributed by atoms with Crippen LogP contribution in [0, 0.1) is 0 Å². The molecule has 4 N–H and O–H groups in total. The number of carbonyl (C=O) groups is 1. The molecule has 0 bridgehead atoms. The van der Waals surface area contributed by atoms with Gasteiger partial charge in [-0.05, 0) is 0 Å². The van der Waals surface area contributed by atoms with E-state index in [9.17, 15) is 120 Å². The number of aliphatic carboxylic acids is 1. The summed E-state index contributed by atoms with van der Waals surface area (Å²) in [4.78, 5) is 9.76. The van der Waals surface area contributed by atoms with Crippen LogP contribution in [-0.2, 0) is 4.79 Å². The molecule has 0 aromatic rings. The lowest BCUT2D eigenvalue weighted by molar-refractivity contribution is -0.482. The minimum absolute atomic E-state index is 0. The van der Waals surface area contributed by atoms with Gasteiger partial charge in [-0.2, -0.15) is 110 Å². The highest BCUT2D eigenvalue weighted by atomic mass is 19.4. The third-order valence-corrected chi connectivity index (χ3v) is 4.56. The second-order valence-corrected chi connectivity index (χ2v) is 7.10. The highest BCUT2D eigenvalue weighted by Gasteiger charge is 2.99. The molecule has 0 heterocycles. The summed E-state index contributed by atoms with van der Waals surface area (Å²) in [6, 6.07) is 0. The summed E-state index contributed by atoms with van der Waals surface area (Å²) in [5.74, 6) is -106. The minimum Gasteiger partial charge on any atom is -0.544 e. The standard InChI is InChI=1S/C13HF25O2.H3N/c14-2(15,1(39)40)3(16,17)4(18,19)5(20,21)6(22,23)7(24,25)8(26,27)9(28,29)10(30,31)11(32,33)12(34,35)13(36,37)38;/h(H,39,40);1H3. The average Bonchev–Trinajstić information content (AvgIpc) is 2.71. The molecule has 0 aliphatic rings. The Labute approximate surface area is 204 Å². The van der Waals surface area contributed by atoms with E-state index in [1.54, 1.807) is 0 Å². The summed E-state index contributed by atoms with van der Waals surface area (Å²) >= 11 is 0. The Morgan fingerprint density at radius 3 is 0.610 bits per heavy atom. The average molecular weight is 681 g/mol. The molecule has 3 nitrogen and oxygen atoms in total. The van der Waals surface area contributed by atoms with Crippen molar-refractivity contribution in [1.29, 1.82) is 0 Å². The fraction of sp³-hybridized carbons (Fsp3) is 0.923. The molecule has 0 aliphatic heterocycles. The molecule has 41 heavy (non-hydrogen) atoms. The highest BCUT2D eigenvalue weighted by Crippen LogP contribution is 2.67. The van der Waals surface area contributed by atoms with Crippen LogP contribution in [0.1, 0.15) is 0 Å². The topological polar surface area (TPSA) is 76.6 Å². The van der Waals surface area contributed by atoms with Gasteiger partial charge in [0.15, 0.2) is 0 Å². The lowest BCUT2D eigenvalue weighted by Crippen LogP contribution is -2.78. The largest absolute Gasteiger partial charge is 0.544 e. The molecule has 0 unspecified atom stereocenters. The number of quaternary nitrogens is 1. The zero-order valence-electron chi connectivity index (χ0n) is 17.8. The molecule has 0 aliphatic carbocycles. The number of rotatable bonds is 11. The van der Waals surface area contributed by atoms with E-state index in [1.165, 1.54) is 0 Å². The normalized spacial score (nSPS) is 16.4. The maximum absolute atomic E-state index is 13.5. The molecular weight excluding hydrogens is 677 g/mol. The van der Waals surface area contributed by atoms with E-state index in [0.717, 1.165) is 0 Å². The van der Waals surface area contributed by atoms with Crippen molar-refractivity contribution >= 4 is 5.97 Å². The summed E-state index contributed by atoms with van der Waals surface area (Å²) in [6.07, 6.45) is -8.21. The maximum atomic E-state index is 13.5. The molecule has 0 aromatic carbocycles. The Bertz CT molecular complexity index is 976. The molecule has 248 valence electrons. The van der Waals surface area contributed by atoms with Gasteiger partial charge >= 0.3 is 71.3 Å².